The number of amides is 1. The Hall–Kier alpha value is -2.04. The van der Waals surface area contributed by atoms with Gasteiger partial charge in [0.25, 0.3) is 6.43 Å². The highest BCUT2D eigenvalue weighted by Gasteiger charge is 2.43. The Balaban J connectivity index is 1.27. The number of hydrogen-bond acceptors (Lipinski definition) is 4. The first-order valence-corrected chi connectivity index (χ1v) is 11.1. The molecule has 30 heavy (non-hydrogen) atoms. The van der Waals surface area contributed by atoms with Crippen LogP contribution in [0.1, 0.15) is 49.1 Å². The van der Waals surface area contributed by atoms with Gasteiger partial charge in [-0.1, -0.05) is 24.3 Å². The van der Waals surface area contributed by atoms with Gasteiger partial charge in [-0.25, -0.2) is 8.78 Å². The Bertz CT molecular complexity index is 770. The normalized spacial score (nSPS) is 27.9. The highest BCUT2D eigenvalue weighted by molar-refractivity contribution is 5.83. The van der Waals surface area contributed by atoms with E-state index in [0.717, 1.165) is 37.7 Å². The molecule has 4 rings (SSSR count). The Morgan fingerprint density at radius 2 is 1.93 bits per heavy atom. The molecule has 2 saturated heterocycles. The van der Waals surface area contributed by atoms with Crippen molar-refractivity contribution in [1.29, 1.82) is 5.26 Å². The zero-order chi connectivity index (χ0) is 21.1. The van der Waals surface area contributed by atoms with Crippen LogP contribution >= 0.6 is 0 Å². The van der Waals surface area contributed by atoms with E-state index in [-0.39, 0.29) is 18.5 Å². The molecule has 2 aliphatic heterocycles. The van der Waals surface area contributed by atoms with E-state index in [1.165, 1.54) is 5.56 Å². The first-order chi connectivity index (χ1) is 14.5. The standard InChI is InChI=1S/C23H30F2N4O/c24-21(25)14-29-9-7-17(8-10-29)16-3-1-15(2-4-16)11-20(13-26)28-23(30)22-18-5-6-19(12-18)27-22/h1-4,17-22,27H,5-12,14H2,(H,28,30)/t18-,19+,20-,22-/m0/s1. The number of benzene rings is 1. The number of likely N-dealkylation sites (tertiary alicyclic amines) is 1. The molecule has 3 aliphatic rings. The fourth-order valence-corrected chi connectivity index (χ4v) is 5.35. The number of piperidine rings is 2. The molecule has 3 fully saturated rings. The molecular weight excluding hydrogens is 386 g/mol. The lowest BCUT2D eigenvalue weighted by Gasteiger charge is -2.32. The molecular formula is C23H30F2N4O. The molecule has 5 nitrogen and oxygen atoms in total. The summed E-state index contributed by atoms with van der Waals surface area (Å²) in [6.45, 7) is 1.28. The number of nitrogens with one attached hydrogen (secondary N) is 2. The number of carbonyl (C=O) groups is 1. The molecule has 1 aliphatic carbocycles. The van der Waals surface area contributed by atoms with Gasteiger partial charge in [0, 0.05) is 12.5 Å². The SMILES string of the molecule is N#C[C@H](Cc1ccc(C2CCN(CC(F)F)CC2)cc1)NC(=O)[C@H]1N[C@@H]2CC[C@H]1C2. The van der Waals surface area contributed by atoms with E-state index in [2.05, 4.69) is 28.8 Å². The highest BCUT2D eigenvalue weighted by atomic mass is 19.3. The van der Waals surface area contributed by atoms with Crippen molar-refractivity contribution in [3.8, 4) is 6.07 Å². The first-order valence-electron chi connectivity index (χ1n) is 11.1. The van der Waals surface area contributed by atoms with E-state index in [0.29, 0.717) is 37.4 Å². The van der Waals surface area contributed by atoms with E-state index in [1.54, 1.807) is 0 Å². The van der Waals surface area contributed by atoms with Gasteiger partial charge >= 0.3 is 0 Å². The predicted molar refractivity (Wildman–Crippen MR) is 110 cm³/mol. The fraction of sp³-hybridized carbons (Fsp3) is 0.652. The summed E-state index contributed by atoms with van der Waals surface area (Å²) in [5.74, 6) is 0.741. The Kier molecular flexibility index (Phi) is 6.64. The van der Waals surface area contributed by atoms with Gasteiger partial charge in [0.05, 0.1) is 18.7 Å². The van der Waals surface area contributed by atoms with Gasteiger partial charge in [-0.3, -0.25) is 9.69 Å². The van der Waals surface area contributed by atoms with E-state index >= 15 is 0 Å². The maximum atomic E-state index is 12.6. The summed E-state index contributed by atoms with van der Waals surface area (Å²) in [4.78, 5) is 14.4. The number of fused-ring (bicyclic) bond motifs is 2. The molecule has 0 unspecified atom stereocenters. The lowest BCUT2D eigenvalue weighted by atomic mass is 9.88. The van der Waals surface area contributed by atoms with Crippen molar-refractivity contribution in [2.24, 2.45) is 5.92 Å². The quantitative estimate of drug-likeness (QED) is 0.717. The van der Waals surface area contributed by atoms with Crippen LogP contribution in [0.25, 0.3) is 0 Å². The summed E-state index contributed by atoms with van der Waals surface area (Å²) < 4.78 is 25.1. The minimum absolute atomic E-state index is 0.0547. The van der Waals surface area contributed by atoms with Gasteiger partial charge in [0.15, 0.2) is 0 Å². The average molecular weight is 417 g/mol. The third-order valence-corrected chi connectivity index (χ3v) is 6.99. The molecule has 2 bridgehead atoms. The molecule has 2 N–H and O–H groups in total. The van der Waals surface area contributed by atoms with Crippen LogP contribution in [0.15, 0.2) is 24.3 Å². The predicted octanol–water partition coefficient (Wildman–Crippen LogP) is 2.82. The fourth-order valence-electron chi connectivity index (χ4n) is 5.35. The summed E-state index contributed by atoms with van der Waals surface area (Å²) in [5, 5.41) is 15.8. The van der Waals surface area contributed by atoms with Gasteiger partial charge in [0.1, 0.15) is 6.04 Å². The Morgan fingerprint density at radius 3 is 2.50 bits per heavy atom. The van der Waals surface area contributed by atoms with Crippen LogP contribution in [0.5, 0.6) is 0 Å². The minimum Gasteiger partial charge on any atom is -0.339 e. The Labute approximate surface area is 176 Å². The molecule has 0 aromatic heterocycles. The van der Waals surface area contributed by atoms with Crippen LogP contribution in [0, 0.1) is 17.2 Å². The smallest absolute Gasteiger partial charge is 0.251 e. The number of alkyl halides is 2. The number of carbonyl (C=O) groups excluding carboxylic acids is 1. The number of hydrogen-bond donors (Lipinski definition) is 2. The third kappa shape index (κ3) is 4.98. The molecule has 1 aromatic carbocycles. The molecule has 1 amide bonds. The van der Waals surface area contributed by atoms with Crippen LogP contribution in [-0.4, -0.2) is 55.0 Å². The van der Waals surface area contributed by atoms with E-state index < -0.39 is 12.5 Å². The van der Waals surface area contributed by atoms with Crippen molar-refractivity contribution in [2.45, 2.75) is 69.0 Å². The van der Waals surface area contributed by atoms with Crippen molar-refractivity contribution < 1.29 is 13.6 Å². The molecule has 0 radical (unpaired) electrons. The molecule has 1 saturated carbocycles. The second-order valence-corrected chi connectivity index (χ2v) is 9.02. The van der Waals surface area contributed by atoms with Gasteiger partial charge < -0.3 is 10.6 Å². The lowest BCUT2D eigenvalue weighted by Crippen LogP contribution is -2.50. The lowest BCUT2D eigenvalue weighted by molar-refractivity contribution is -0.124. The molecule has 7 heteroatoms. The monoisotopic (exact) mass is 416 g/mol. The van der Waals surface area contributed by atoms with Crippen LogP contribution in [0.2, 0.25) is 0 Å². The van der Waals surface area contributed by atoms with Crippen LogP contribution < -0.4 is 10.6 Å². The van der Waals surface area contributed by atoms with Crippen molar-refractivity contribution >= 4 is 5.91 Å². The first kappa shape index (κ1) is 21.2. The number of rotatable bonds is 7. The van der Waals surface area contributed by atoms with Crippen LogP contribution in [0.4, 0.5) is 8.78 Å². The maximum Gasteiger partial charge on any atom is 0.251 e. The summed E-state index contributed by atoms with van der Waals surface area (Å²) in [6.07, 6.45) is 3.30. The van der Waals surface area contributed by atoms with Gasteiger partial charge in [-0.05, 0) is 68.2 Å². The van der Waals surface area contributed by atoms with Gasteiger partial charge in [-0.15, -0.1) is 0 Å². The van der Waals surface area contributed by atoms with Crippen LogP contribution in [0.3, 0.4) is 0 Å². The Morgan fingerprint density at radius 1 is 1.20 bits per heavy atom. The summed E-state index contributed by atoms with van der Waals surface area (Å²) in [7, 11) is 0. The summed E-state index contributed by atoms with van der Waals surface area (Å²) >= 11 is 0. The summed E-state index contributed by atoms with van der Waals surface area (Å²) in [6, 6.07) is 10.2. The second kappa shape index (κ2) is 9.40. The maximum absolute atomic E-state index is 12.6. The van der Waals surface area contributed by atoms with Gasteiger partial charge in [0.2, 0.25) is 5.91 Å². The van der Waals surface area contributed by atoms with Crippen molar-refractivity contribution in [3.63, 3.8) is 0 Å². The number of nitriles is 1. The van der Waals surface area contributed by atoms with E-state index in [4.69, 9.17) is 0 Å². The number of halogens is 2. The largest absolute Gasteiger partial charge is 0.339 e. The topological polar surface area (TPSA) is 68.2 Å². The second-order valence-electron chi connectivity index (χ2n) is 9.02. The number of nitrogens with zero attached hydrogens (tertiary/aromatic N) is 2. The van der Waals surface area contributed by atoms with Crippen LogP contribution in [-0.2, 0) is 11.2 Å². The van der Waals surface area contributed by atoms with Crippen molar-refractivity contribution in [1.82, 2.24) is 15.5 Å². The zero-order valence-corrected chi connectivity index (χ0v) is 17.2. The minimum atomic E-state index is -2.27. The molecule has 1 aromatic rings. The van der Waals surface area contributed by atoms with Gasteiger partial charge in [-0.2, -0.15) is 5.26 Å². The average Bonchev–Trinajstić information content (AvgIpc) is 3.38. The van der Waals surface area contributed by atoms with E-state index in [9.17, 15) is 18.8 Å². The van der Waals surface area contributed by atoms with Crippen molar-refractivity contribution in [3.05, 3.63) is 35.4 Å². The highest BCUT2D eigenvalue weighted by Crippen LogP contribution is 2.35. The van der Waals surface area contributed by atoms with E-state index in [1.807, 2.05) is 17.0 Å². The molecule has 4 atom stereocenters. The summed E-state index contributed by atoms with van der Waals surface area (Å²) in [5.41, 5.74) is 2.24. The third-order valence-electron chi connectivity index (χ3n) is 6.99. The zero-order valence-electron chi connectivity index (χ0n) is 17.2. The molecule has 162 valence electrons. The molecule has 2 heterocycles. The van der Waals surface area contributed by atoms with Crippen molar-refractivity contribution in [2.75, 3.05) is 19.6 Å². The molecule has 0 spiro atoms.